The number of nitrogens with one attached hydrogen (secondary N) is 1. The summed E-state index contributed by atoms with van der Waals surface area (Å²) in [5, 5.41) is 11.8. The summed E-state index contributed by atoms with van der Waals surface area (Å²) in [4.78, 5) is 3.94. The van der Waals surface area contributed by atoms with Gasteiger partial charge in [-0.25, -0.2) is 0 Å². The van der Waals surface area contributed by atoms with Gasteiger partial charge in [-0.15, -0.1) is 0 Å². The topological polar surface area (TPSA) is 48.7 Å². The van der Waals surface area contributed by atoms with Gasteiger partial charge in [-0.3, -0.25) is 10.3 Å². The van der Waals surface area contributed by atoms with Crippen molar-refractivity contribution in [2.24, 2.45) is 0 Å². The van der Waals surface area contributed by atoms with Crippen molar-refractivity contribution in [1.82, 2.24) is 10.3 Å². The van der Waals surface area contributed by atoms with Gasteiger partial charge in [0.1, 0.15) is 6.04 Å². The van der Waals surface area contributed by atoms with Gasteiger partial charge < -0.3 is 0 Å². The standard InChI is InChI=1S/C9H11N3/c1-2-12-9(6-10)8-4-3-5-11-7-8/h3-5,7,9,12H,2H2,1H3. The molecule has 62 valence electrons. The van der Waals surface area contributed by atoms with E-state index < -0.39 is 0 Å². The Morgan fingerprint density at radius 1 is 1.75 bits per heavy atom. The Morgan fingerprint density at radius 2 is 2.58 bits per heavy atom. The molecule has 0 spiro atoms. The van der Waals surface area contributed by atoms with Crippen molar-refractivity contribution >= 4 is 0 Å². The van der Waals surface area contributed by atoms with Crippen LogP contribution in [0.25, 0.3) is 0 Å². The third-order valence-electron chi connectivity index (χ3n) is 1.56. The Balaban J connectivity index is 2.75. The first-order valence-electron chi connectivity index (χ1n) is 3.91. The average molecular weight is 161 g/mol. The summed E-state index contributed by atoms with van der Waals surface area (Å²) in [6, 6.07) is 5.66. The second-order valence-electron chi connectivity index (χ2n) is 2.41. The molecule has 1 heterocycles. The van der Waals surface area contributed by atoms with E-state index in [-0.39, 0.29) is 6.04 Å². The molecule has 0 aliphatic rings. The molecule has 1 aromatic heterocycles. The first kappa shape index (κ1) is 8.69. The quantitative estimate of drug-likeness (QED) is 0.726. The highest BCUT2D eigenvalue weighted by atomic mass is 14.9. The van der Waals surface area contributed by atoms with E-state index in [1.165, 1.54) is 0 Å². The van der Waals surface area contributed by atoms with Crippen LogP contribution in [-0.4, -0.2) is 11.5 Å². The fourth-order valence-electron chi connectivity index (χ4n) is 0.989. The first-order valence-corrected chi connectivity index (χ1v) is 3.91. The Kier molecular flexibility index (Phi) is 3.24. The van der Waals surface area contributed by atoms with Gasteiger partial charge >= 0.3 is 0 Å². The highest BCUT2D eigenvalue weighted by molar-refractivity contribution is 5.19. The number of rotatable bonds is 3. The largest absolute Gasteiger partial charge is 0.298 e. The first-order chi connectivity index (χ1) is 5.88. The summed E-state index contributed by atoms with van der Waals surface area (Å²) in [6.45, 7) is 2.76. The van der Waals surface area contributed by atoms with E-state index in [2.05, 4.69) is 16.4 Å². The highest BCUT2D eigenvalue weighted by Gasteiger charge is 2.06. The molecule has 1 atom stereocenters. The van der Waals surface area contributed by atoms with Crippen molar-refractivity contribution in [2.75, 3.05) is 6.54 Å². The van der Waals surface area contributed by atoms with E-state index in [1.807, 2.05) is 19.1 Å². The smallest absolute Gasteiger partial charge is 0.122 e. The minimum atomic E-state index is -0.233. The van der Waals surface area contributed by atoms with Gasteiger partial charge in [-0.05, 0) is 12.6 Å². The Morgan fingerprint density at radius 3 is 3.08 bits per heavy atom. The number of nitrogens with zero attached hydrogens (tertiary/aromatic N) is 2. The van der Waals surface area contributed by atoms with Gasteiger partial charge in [-0.2, -0.15) is 5.26 Å². The molecule has 0 aliphatic carbocycles. The lowest BCUT2D eigenvalue weighted by molar-refractivity contribution is 0.656. The van der Waals surface area contributed by atoms with Gasteiger partial charge in [0, 0.05) is 18.0 Å². The second kappa shape index (κ2) is 4.47. The summed E-state index contributed by atoms with van der Waals surface area (Å²) >= 11 is 0. The maximum atomic E-state index is 8.77. The minimum absolute atomic E-state index is 0.233. The maximum Gasteiger partial charge on any atom is 0.122 e. The van der Waals surface area contributed by atoms with Crippen LogP contribution in [0.2, 0.25) is 0 Å². The molecule has 0 saturated heterocycles. The van der Waals surface area contributed by atoms with E-state index in [9.17, 15) is 0 Å². The summed E-state index contributed by atoms with van der Waals surface area (Å²) in [7, 11) is 0. The van der Waals surface area contributed by atoms with Gasteiger partial charge in [0.2, 0.25) is 0 Å². The van der Waals surface area contributed by atoms with Crippen molar-refractivity contribution in [3.8, 4) is 6.07 Å². The Hall–Kier alpha value is -1.40. The lowest BCUT2D eigenvalue weighted by Gasteiger charge is -2.08. The van der Waals surface area contributed by atoms with E-state index in [0.717, 1.165) is 12.1 Å². The molecule has 1 unspecified atom stereocenters. The molecule has 0 bridgehead atoms. The average Bonchev–Trinajstić information content (AvgIpc) is 2.15. The predicted molar refractivity (Wildman–Crippen MR) is 46.3 cm³/mol. The third kappa shape index (κ3) is 2.04. The summed E-state index contributed by atoms with van der Waals surface area (Å²) in [5.74, 6) is 0. The SMILES string of the molecule is CCNC(C#N)c1cccnc1. The van der Waals surface area contributed by atoms with E-state index >= 15 is 0 Å². The molecule has 0 aliphatic heterocycles. The highest BCUT2D eigenvalue weighted by Crippen LogP contribution is 2.08. The molecule has 12 heavy (non-hydrogen) atoms. The van der Waals surface area contributed by atoms with E-state index in [1.54, 1.807) is 12.4 Å². The molecular weight excluding hydrogens is 150 g/mol. The summed E-state index contributed by atoms with van der Waals surface area (Å²) in [5.41, 5.74) is 0.918. The molecule has 0 fully saturated rings. The maximum absolute atomic E-state index is 8.77. The van der Waals surface area contributed by atoms with Crippen LogP contribution in [0.15, 0.2) is 24.5 Å². The molecule has 3 nitrogen and oxygen atoms in total. The van der Waals surface area contributed by atoms with Gasteiger partial charge in [0.25, 0.3) is 0 Å². The van der Waals surface area contributed by atoms with Crippen LogP contribution >= 0.6 is 0 Å². The number of hydrogen-bond donors (Lipinski definition) is 1. The summed E-state index contributed by atoms with van der Waals surface area (Å²) in [6.07, 6.45) is 3.40. The van der Waals surface area contributed by atoms with Crippen LogP contribution in [0, 0.1) is 11.3 Å². The summed E-state index contributed by atoms with van der Waals surface area (Å²) < 4.78 is 0. The van der Waals surface area contributed by atoms with E-state index in [4.69, 9.17) is 5.26 Å². The number of nitriles is 1. The molecule has 0 amide bonds. The normalized spacial score (nSPS) is 12.0. The van der Waals surface area contributed by atoms with Crippen LogP contribution in [0.3, 0.4) is 0 Å². The number of aromatic nitrogens is 1. The number of hydrogen-bond acceptors (Lipinski definition) is 3. The molecule has 0 radical (unpaired) electrons. The van der Waals surface area contributed by atoms with Crippen molar-refractivity contribution in [1.29, 1.82) is 5.26 Å². The zero-order valence-electron chi connectivity index (χ0n) is 6.99. The van der Waals surface area contributed by atoms with Crippen LogP contribution in [0.1, 0.15) is 18.5 Å². The lowest BCUT2D eigenvalue weighted by atomic mass is 10.1. The molecule has 1 rings (SSSR count). The fraction of sp³-hybridized carbons (Fsp3) is 0.333. The Bertz CT molecular complexity index is 263. The van der Waals surface area contributed by atoms with Crippen LogP contribution in [0.5, 0.6) is 0 Å². The third-order valence-corrected chi connectivity index (χ3v) is 1.56. The fourth-order valence-corrected chi connectivity index (χ4v) is 0.989. The second-order valence-corrected chi connectivity index (χ2v) is 2.41. The number of pyridine rings is 1. The van der Waals surface area contributed by atoms with E-state index in [0.29, 0.717) is 0 Å². The van der Waals surface area contributed by atoms with Gasteiger partial charge in [0.05, 0.1) is 6.07 Å². The van der Waals surface area contributed by atoms with Gasteiger partial charge in [0.15, 0.2) is 0 Å². The minimum Gasteiger partial charge on any atom is -0.298 e. The molecule has 0 saturated carbocycles. The van der Waals surface area contributed by atoms with Gasteiger partial charge in [-0.1, -0.05) is 13.0 Å². The van der Waals surface area contributed by atoms with Crippen LogP contribution < -0.4 is 5.32 Å². The molecule has 0 aromatic carbocycles. The van der Waals surface area contributed by atoms with Crippen LogP contribution in [-0.2, 0) is 0 Å². The molecule has 1 N–H and O–H groups in total. The lowest BCUT2D eigenvalue weighted by Crippen LogP contribution is -2.19. The van der Waals surface area contributed by atoms with Crippen molar-refractivity contribution < 1.29 is 0 Å². The van der Waals surface area contributed by atoms with Crippen LogP contribution in [0.4, 0.5) is 0 Å². The van der Waals surface area contributed by atoms with Crippen molar-refractivity contribution in [3.63, 3.8) is 0 Å². The zero-order valence-corrected chi connectivity index (χ0v) is 6.99. The molecular formula is C9H11N3. The predicted octanol–water partition coefficient (Wildman–Crippen LogP) is 1.26. The Labute approximate surface area is 72.1 Å². The molecule has 1 aromatic rings. The zero-order chi connectivity index (χ0) is 8.81. The van der Waals surface area contributed by atoms with Crippen molar-refractivity contribution in [2.45, 2.75) is 13.0 Å². The monoisotopic (exact) mass is 161 g/mol. The molecule has 3 heteroatoms. The van der Waals surface area contributed by atoms with Crippen molar-refractivity contribution in [3.05, 3.63) is 30.1 Å².